The fourth-order valence-electron chi connectivity index (χ4n) is 3.91. The number of nitrogens with one attached hydrogen (secondary N) is 1. The van der Waals surface area contributed by atoms with Crippen LogP contribution in [0.1, 0.15) is 45.0 Å². The third kappa shape index (κ3) is 2.93. The topological polar surface area (TPSA) is 74.3 Å². The van der Waals surface area contributed by atoms with Crippen molar-refractivity contribution in [3.05, 3.63) is 47.8 Å². The zero-order valence-electron chi connectivity index (χ0n) is 16.0. The van der Waals surface area contributed by atoms with Gasteiger partial charge < -0.3 is 14.4 Å². The molecule has 27 heavy (non-hydrogen) atoms. The number of para-hydroxylation sites is 2. The highest BCUT2D eigenvalue weighted by Crippen LogP contribution is 2.45. The normalized spacial score (nSPS) is 17.5. The smallest absolute Gasteiger partial charge is 0.284 e. The van der Waals surface area contributed by atoms with E-state index in [1.54, 1.807) is 0 Å². The van der Waals surface area contributed by atoms with Gasteiger partial charge in [-0.25, -0.2) is 0 Å². The minimum absolute atomic E-state index is 0.210. The van der Waals surface area contributed by atoms with Gasteiger partial charge in [0, 0.05) is 25.9 Å². The molecule has 0 saturated carbocycles. The molecule has 3 heterocycles. The molecular weight excluding hydrogens is 340 g/mol. The minimum Gasteiger partial charge on any atom is -0.479 e. The molecule has 2 aliphatic heterocycles. The maximum atomic E-state index is 9.55. The zero-order chi connectivity index (χ0) is 19.2. The van der Waals surface area contributed by atoms with Gasteiger partial charge in [0.1, 0.15) is 23.1 Å². The van der Waals surface area contributed by atoms with E-state index in [0.717, 1.165) is 30.0 Å². The number of nitriles is 1. The number of hydrogen-bond donors (Lipinski definition) is 1. The van der Waals surface area contributed by atoms with E-state index >= 15 is 0 Å². The first-order chi connectivity index (χ1) is 12.8. The first-order valence-corrected chi connectivity index (χ1v) is 9.26. The fourth-order valence-corrected chi connectivity index (χ4v) is 3.91. The van der Waals surface area contributed by atoms with Gasteiger partial charge in [0.2, 0.25) is 0 Å². The number of aromatic nitrogens is 1. The molecule has 6 nitrogen and oxygen atoms in total. The van der Waals surface area contributed by atoms with Crippen molar-refractivity contribution < 1.29 is 9.47 Å². The van der Waals surface area contributed by atoms with Crippen LogP contribution in [0.2, 0.25) is 0 Å². The summed E-state index contributed by atoms with van der Waals surface area (Å²) in [5, 5.41) is 17.8. The van der Waals surface area contributed by atoms with Crippen molar-refractivity contribution in [3.63, 3.8) is 0 Å². The molecule has 0 bridgehead atoms. The van der Waals surface area contributed by atoms with Gasteiger partial charge in [0.15, 0.2) is 5.60 Å². The summed E-state index contributed by atoms with van der Waals surface area (Å²) < 4.78 is 14.2. The Hall–Kier alpha value is -2.94. The molecule has 1 spiro atoms. The number of nitrogens with zero attached hydrogens (tertiary/aromatic N) is 3. The largest absolute Gasteiger partial charge is 0.479 e. The van der Waals surface area contributed by atoms with E-state index in [2.05, 4.69) is 6.07 Å². The summed E-state index contributed by atoms with van der Waals surface area (Å²) in [7, 11) is 0. The predicted molar refractivity (Wildman–Crippen MR) is 102 cm³/mol. The minimum atomic E-state index is -0.484. The second kappa shape index (κ2) is 6.05. The summed E-state index contributed by atoms with van der Waals surface area (Å²) in [6, 6.07) is 14.2. The van der Waals surface area contributed by atoms with Gasteiger partial charge in [-0.05, 0) is 45.0 Å². The van der Waals surface area contributed by atoms with Crippen LogP contribution in [-0.2, 0) is 10.3 Å². The third-order valence-electron chi connectivity index (χ3n) is 5.13. The molecule has 4 rings (SSSR count). The zero-order valence-corrected chi connectivity index (χ0v) is 16.0. The Bertz CT molecular complexity index is 924. The van der Waals surface area contributed by atoms with Crippen molar-refractivity contribution in [2.75, 3.05) is 13.1 Å². The van der Waals surface area contributed by atoms with Crippen LogP contribution >= 0.6 is 0 Å². The maximum absolute atomic E-state index is 9.55. The van der Waals surface area contributed by atoms with Crippen molar-refractivity contribution in [1.29, 1.82) is 10.7 Å². The van der Waals surface area contributed by atoms with E-state index < -0.39 is 5.60 Å². The van der Waals surface area contributed by atoms with E-state index in [4.69, 9.17) is 14.9 Å². The molecule has 0 amide bonds. The van der Waals surface area contributed by atoms with Gasteiger partial charge in [-0.2, -0.15) is 5.26 Å². The van der Waals surface area contributed by atoms with Crippen LogP contribution in [0.5, 0.6) is 5.75 Å². The summed E-state index contributed by atoms with van der Waals surface area (Å²) in [6.07, 6.45) is 1.46. The van der Waals surface area contributed by atoms with Gasteiger partial charge in [0.25, 0.3) is 6.02 Å². The number of fused-ring (bicyclic) bond motifs is 4. The molecule has 6 heteroatoms. The van der Waals surface area contributed by atoms with E-state index in [9.17, 15) is 5.26 Å². The van der Waals surface area contributed by atoms with Crippen LogP contribution in [0.15, 0.2) is 36.4 Å². The first-order valence-electron chi connectivity index (χ1n) is 9.26. The predicted octanol–water partition coefficient (Wildman–Crippen LogP) is 3.78. The number of hydrogen-bond acceptors (Lipinski definition) is 4. The molecule has 1 N–H and O–H groups in total. The lowest BCUT2D eigenvalue weighted by atomic mass is 9.86. The van der Waals surface area contributed by atoms with Crippen LogP contribution < -0.4 is 4.74 Å². The summed E-state index contributed by atoms with van der Waals surface area (Å²) in [4.78, 5) is 1.96. The van der Waals surface area contributed by atoms with E-state index in [0.29, 0.717) is 18.8 Å². The van der Waals surface area contributed by atoms with Crippen molar-refractivity contribution in [2.45, 2.75) is 44.8 Å². The second-order valence-corrected chi connectivity index (χ2v) is 8.12. The lowest BCUT2D eigenvalue weighted by Gasteiger charge is -2.45. The SMILES string of the molecule is CC(C)(C)OC(=N)N1CCC2(CC1)Oc1ccccc1-n1c(C#N)ccc12. The standard InChI is InChI=1S/C21H24N4O2/c1-20(2,3)27-19(23)24-12-10-21(11-13-24)18-9-8-15(14-22)25(18)16-6-4-5-7-17(16)26-21/h4-9,23H,10-13H2,1-3H3. The van der Waals surface area contributed by atoms with Crippen LogP contribution in [0, 0.1) is 16.7 Å². The fraction of sp³-hybridized carbons (Fsp3) is 0.429. The average molecular weight is 364 g/mol. The maximum Gasteiger partial charge on any atom is 0.284 e. The van der Waals surface area contributed by atoms with E-state index in [1.807, 2.05) is 66.6 Å². The van der Waals surface area contributed by atoms with Crippen molar-refractivity contribution in [2.24, 2.45) is 0 Å². The number of ether oxygens (including phenoxy) is 2. The first kappa shape index (κ1) is 17.5. The second-order valence-electron chi connectivity index (χ2n) is 8.12. The quantitative estimate of drug-likeness (QED) is 0.570. The molecule has 140 valence electrons. The van der Waals surface area contributed by atoms with Crippen LogP contribution in [0.25, 0.3) is 5.69 Å². The van der Waals surface area contributed by atoms with Crippen LogP contribution in [0.4, 0.5) is 0 Å². The monoisotopic (exact) mass is 364 g/mol. The lowest BCUT2D eigenvalue weighted by molar-refractivity contribution is -0.00961. The molecule has 1 aromatic carbocycles. The molecule has 0 atom stereocenters. The number of rotatable bonds is 0. The lowest BCUT2D eigenvalue weighted by Crippen LogP contribution is -2.51. The number of amidine groups is 1. The Kier molecular flexibility index (Phi) is 3.92. The molecule has 0 aliphatic carbocycles. The molecule has 0 unspecified atom stereocenters. The Morgan fingerprint density at radius 2 is 1.89 bits per heavy atom. The Morgan fingerprint density at radius 1 is 1.19 bits per heavy atom. The summed E-state index contributed by atoms with van der Waals surface area (Å²) >= 11 is 0. The molecule has 1 aromatic heterocycles. The van der Waals surface area contributed by atoms with Gasteiger partial charge >= 0.3 is 0 Å². The van der Waals surface area contributed by atoms with Gasteiger partial charge in [-0.1, -0.05) is 12.1 Å². The van der Waals surface area contributed by atoms with E-state index in [-0.39, 0.29) is 11.6 Å². The summed E-state index contributed by atoms with van der Waals surface area (Å²) in [5.41, 5.74) is 1.67. The molecule has 0 radical (unpaired) electrons. The summed E-state index contributed by atoms with van der Waals surface area (Å²) in [5.74, 6) is 0.798. The molecule has 1 saturated heterocycles. The summed E-state index contributed by atoms with van der Waals surface area (Å²) in [6.45, 7) is 7.19. The van der Waals surface area contributed by atoms with Gasteiger partial charge in [-0.3, -0.25) is 9.98 Å². The molecular formula is C21H24N4O2. The highest BCUT2D eigenvalue weighted by molar-refractivity contribution is 5.71. The van der Waals surface area contributed by atoms with Crippen LogP contribution in [0.3, 0.4) is 0 Å². The van der Waals surface area contributed by atoms with Gasteiger partial charge in [-0.15, -0.1) is 0 Å². The number of benzene rings is 1. The Balaban J connectivity index is 1.64. The Labute approximate surface area is 159 Å². The van der Waals surface area contributed by atoms with Crippen LogP contribution in [-0.4, -0.2) is 34.2 Å². The third-order valence-corrected chi connectivity index (χ3v) is 5.13. The Morgan fingerprint density at radius 3 is 2.56 bits per heavy atom. The number of piperidine rings is 1. The van der Waals surface area contributed by atoms with Gasteiger partial charge in [0.05, 0.1) is 11.4 Å². The highest BCUT2D eigenvalue weighted by atomic mass is 16.5. The molecule has 2 aliphatic rings. The van der Waals surface area contributed by atoms with Crippen molar-refractivity contribution in [1.82, 2.24) is 9.47 Å². The van der Waals surface area contributed by atoms with E-state index in [1.165, 1.54) is 0 Å². The highest BCUT2D eigenvalue weighted by Gasteiger charge is 2.45. The van der Waals surface area contributed by atoms with Crippen molar-refractivity contribution >= 4 is 6.02 Å². The van der Waals surface area contributed by atoms with Crippen molar-refractivity contribution in [3.8, 4) is 17.5 Å². The molecule has 2 aromatic rings. The average Bonchev–Trinajstić information content (AvgIpc) is 3.06. The molecule has 1 fully saturated rings. The number of likely N-dealkylation sites (tertiary alicyclic amines) is 1.